The van der Waals surface area contributed by atoms with E-state index in [2.05, 4.69) is 10.6 Å². The molecule has 0 aliphatic heterocycles. The van der Waals surface area contributed by atoms with Crippen LogP contribution >= 0.6 is 0 Å². The van der Waals surface area contributed by atoms with E-state index in [9.17, 15) is 9.59 Å². The lowest BCUT2D eigenvalue weighted by Gasteiger charge is -2.07. The first-order chi connectivity index (χ1) is 11.6. The van der Waals surface area contributed by atoms with Crippen LogP contribution in [0.3, 0.4) is 0 Å². The summed E-state index contributed by atoms with van der Waals surface area (Å²) in [6.45, 7) is 1.99. The Balaban J connectivity index is 1.52. The molecule has 0 radical (unpaired) electrons. The molecule has 0 bridgehead atoms. The Morgan fingerprint density at radius 1 is 0.875 bits per heavy atom. The molecule has 5 nitrogen and oxygen atoms in total. The zero-order chi connectivity index (χ0) is 17.1. The Bertz CT molecular complexity index is 738. The van der Waals surface area contributed by atoms with E-state index in [0.29, 0.717) is 12.1 Å². The summed E-state index contributed by atoms with van der Waals surface area (Å²) in [5.41, 5.74) is 2.59. The van der Waals surface area contributed by atoms with Crippen molar-refractivity contribution in [3.8, 4) is 5.75 Å². The molecule has 2 aromatic carbocycles. The minimum atomic E-state index is -0.266. The molecule has 1 fully saturated rings. The van der Waals surface area contributed by atoms with Crippen molar-refractivity contribution < 1.29 is 14.3 Å². The third-order valence-electron chi connectivity index (χ3n) is 4.14. The summed E-state index contributed by atoms with van der Waals surface area (Å²) < 4.78 is 5.08. The Kier molecular flexibility index (Phi) is 4.51. The Labute approximate surface area is 141 Å². The van der Waals surface area contributed by atoms with Crippen molar-refractivity contribution in [2.75, 3.05) is 17.7 Å². The molecule has 2 atom stereocenters. The number of methoxy groups -OCH3 is 1. The molecule has 124 valence electrons. The number of nitrogens with one attached hydrogen (secondary N) is 2. The number of aryl methyl sites for hydroxylation is 1. The molecule has 1 saturated carbocycles. The average Bonchev–Trinajstić information content (AvgIpc) is 3.38. The molecule has 2 aromatic rings. The van der Waals surface area contributed by atoms with Crippen molar-refractivity contribution in [1.29, 1.82) is 0 Å². The van der Waals surface area contributed by atoms with Crippen LogP contribution in [0, 0.1) is 18.8 Å². The topological polar surface area (TPSA) is 67.4 Å². The maximum atomic E-state index is 12.2. The SMILES string of the molecule is COc1ccc(NC(=O)C2CC2C(=O)Nc2ccc(C)cc2)cc1. The van der Waals surface area contributed by atoms with Crippen molar-refractivity contribution in [3.05, 3.63) is 54.1 Å². The molecule has 2 unspecified atom stereocenters. The van der Waals surface area contributed by atoms with Crippen LogP contribution in [0.5, 0.6) is 5.75 Å². The largest absolute Gasteiger partial charge is 0.497 e. The standard InChI is InChI=1S/C19H20N2O3/c1-12-3-5-13(6-4-12)20-18(22)16-11-17(16)19(23)21-14-7-9-15(24-2)10-8-14/h3-10,16-17H,11H2,1-2H3,(H,20,22)(H,21,23). The summed E-state index contributed by atoms with van der Waals surface area (Å²) in [5.74, 6) is -0.0187. The molecule has 0 heterocycles. The van der Waals surface area contributed by atoms with Gasteiger partial charge in [0.2, 0.25) is 11.8 Å². The van der Waals surface area contributed by atoms with Gasteiger partial charge >= 0.3 is 0 Å². The third-order valence-corrected chi connectivity index (χ3v) is 4.14. The van der Waals surface area contributed by atoms with Crippen LogP contribution < -0.4 is 15.4 Å². The maximum Gasteiger partial charge on any atom is 0.228 e. The summed E-state index contributed by atoms with van der Waals surface area (Å²) in [7, 11) is 1.59. The lowest BCUT2D eigenvalue weighted by Crippen LogP contribution is -2.20. The predicted molar refractivity (Wildman–Crippen MR) is 93.0 cm³/mol. The van der Waals surface area contributed by atoms with Crippen molar-refractivity contribution in [1.82, 2.24) is 0 Å². The number of benzene rings is 2. The monoisotopic (exact) mass is 324 g/mol. The number of rotatable bonds is 5. The van der Waals surface area contributed by atoms with Crippen molar-refractivity contribution in [3.63, 3.8) is 0 Å². The molecular formula is C19H20N2O3. The smallest absolute Gasteiger partial charge is 0.228 e. The fourth-order valence-electron chi connectivity index (χ4n) is 2.56. The Hall–Kier alpha value is -2.82. The third kappa shape index (κ3) is 3.74. The Morgan fingerprint density at radius 3 is 1.79 bits per heavy atom. The fraction of sp³-hybridized carbons (Fsp3) is 0.263. The van der Waals surface area contributed by atoms with Gasteiger partial charge in [0.1, 0.15) is 5.75 Å². The number of hydrogen-bond donors (Lipinski definition) is 2. The van der Waals surface area contributed by atoms with Crippen LogP contribution in [0.15, 0.2) is 48.5 Å². The first-order valence-electron chi connectivity index (χ1n) is 7.89. The van der Waals surface area contributed by atoms with E-state index in [1.807, 2.05) is 31.2 Å². The van der Waals surface area contributed by atoms with E-state index in [1.165, 1.54) is 0 Å². The second-order valence-corrected chi connectivity index (χ2v) is 6.02. The molecule has 1 aliphatic carbocycles. The van der Waals surface area contributed by atoms with Crippen LogP contribution in [0.1, 0.15) is 12.0 Å². The van der Waals surface area contributed by atoms with Gasteiger partial charge in [0.05, 0.1) is 18.9 Å². The normalized spacial score (nSPS) is 18.6. The van der Waals surface area contributed by atoms with Gasteiger partial charge in [0.25, 0.3) is 0 Å². The quantitative estimate of drug-likeness (QED) is 0.887. The van der Waals surface area contributed by atoms with E-state index < -0.39 is 0 Å². The molecule has 0 spiro atoms. The van der Waals surface area contributed by atoms with E-state index in [-0.39, 0.29) is 23.7 Å². The number of amides is 2. The van der Waals surface area contributed by atoms with Gasteiger partial charge in [-0.25, -0.2) is 0 Å². The summed E-state index contributed by atoms with van der Waals surface area (Å²) in [6, 6.07) is 14.7. The van der Waals surface area contributed by atoms with Gasteiger partial charge in [0, 0.05) is 11.4 Å². The number of carbonyl (C=O) groups is 2. The van der Waals surface area contributed by atoms with Crippen molar-refractivity contribution >= 4 is 23.2 Å². The minimum Gasteiger partial charge on any atom is -0.497 e. The number of ether oxygens (including phenoxy) is 1. The predicted octanol–water partition coefficient (Wildman–Crippen LogP) is 3.22. The van der Waals surface area contributed by atoms with Gasteiger partial charge in [-0.1, -0.05) is 17.7 Å². The van der Waals surface area contributed by atoms with E-state index in [1.54, 1.807) is 31.4 Å². The molecule has 2 amide bonds. The number of anilines is 2. The average molecular weight is 324 g/mol. The molecule has 3 rings (SSSR count). The maximum absolute atomic E-state index is 12.2. The zero-order valence-electron chi connectivity index (χ0n) is 13.7. The number of carbonyl (C=O) groups excluding carboxylic acids is 2. The molecule has 24 heavy (non-hydrogen) atoms. The minimum absolute atomic E-state index is 0.103. The summed E-state index contributed by atoms with van der Waals surface area (Å²) >= 11 is 0. The van der Waals surface area contributed by atoms with Gasteiger partial charge in [-0.15, -0.1) is 0 Å². The lowest BCUT2D eigenvalue weighted by atomic mass is 10.2. The molecular weight excluding hydrogens is 304 g/mol. The molecule has 0 aromatic heterocycles. The van der Waals surface area contributed by atoms with Gasteiger partial charge in [-0.3, -0.25) is 9.59 Å². The van der Waals surface area contributed by atoms with Crippen LogP contribution in [-0.4, -0.2) is 18.9 Å². The zero-order valence-corrected chi connectivity index (χ0v) is 13.7. The van der Waals surface area contributed by atoms with E-state index >= 15 is 0 Å². The van der Waals surface area contributed by atoms with E-state index in [0.717, 1.165) is 17.0 Å². The second kappa shape index (κ2) is 6.74. The fourth-order valence-corrected chi connectivity index (χ4v) is 2.56. The molecule has 0 saturated heterocycles. The second-order valence-electron chi connectivity index (χ2n) is 6.02. The molecule has 2 N–H and O–H groups in total. The highest BCUT2D eigenvalue weighted by molar-refractivity contribution is 6.03. The summed E-state index contributed by atoms with van der Waals surface area (Å²) in [5, 5.41) is 5.70. The number of hydrogen-bond acceptors (Lipinski definition) is 3. The lowest BCUT2D eigenvalue weighted by molar-refractivity contribution is -0.122. The van der Waals surface area contributed by atoms with Gasteiger partial charge in [-0.2, -0.15) is 0 Å². The first kappa shape index (κ1) is 16.1. The van der Waals surface area contributed by atoms with E-state index in [4.69, 9.17) is 4.74 Å². The van der Waals surface area contributed by atoms with Crippen LogP contribution in [0.4, 0.5) is 11.4 Å². The highest BCUT2D eigenvalue weighted by atomic mass is 16.5. The first-order valence-corrected chi connectivity index (χ1v) is 7.89. The molecule has 1 aliphatic rings. The van der Waals surface area contributed by atoms with Gasteiger partial charge in [0.15, 0.2) is 0 Å². The van der Waals surface area contributed by atoms with Gasteiger partial charge < -0.3 is 15.4 Å². The summed E-state index contributed by atoms with van der Waals surface area (Å²) in [4.78, 5) is 24.4. The van der Waals surface area contributed by atoms with Crippen molar-refractivity contribution in [2.45, 2.75) is 13.3 Å². The van der Waals surface area contributed by atoms with Crippen molar-refractivity contribution in [2.24, 2.45) is 11.8 Å². The Morgan fingerprint density at radius 2 is 1.33 bits per heavy atom. The highest BCUT2D eigenvalue weighted by Crippen LogP contribution is 2.40. The highest BCUT2D eigenvalue weighted by Gasteiger charge is 2.48. The van der Waals surface area contributed by atoms with Crippen LogP contribution in [0.25, 0.3) is 0 Å². The summed E-state index contributed by atoms with van der Waals surface area (Å²) in [6.07, 6.45) is 0.583. The van der Waals surface area contributed by atoms with Crippen LogP contribution in [-0.2, 0) is 9.59 Å². The van der Waals surface area contributed by atoms with Gasteiger partial charge in [-0.05, 0) is 49.7 Å². The molecule has 5 heteroatoms. The van der Waals surface area contributed by atoms with Crippen LogP contribution in [0.2, 0.25) is 0 Å².